The minimum Gasteiger partial charge on any atom is -0.497 e. The summed E-state index contributed by atoms with van der Waals surface area (Å²) in [5.41, 5.74) is 2.71. The fraction of sp³-hybridized carbons (Fsp3) is 0.267. The molecular formula is C15H17ClN4O. The van der Waals surface area contributed by atoms with Crippen LogP contribution < -0.4 is 4.74 Å². The molecule has 3 aromatic heterocycles. The average Bonchev–Trinajstić information content (AvgIpc) is 2.91. The first-order valence-electron chi connectivity index (χ1n) is 6.56. The van der Waals surface area contributed by atoms with Gasteiger partial charge >= 0.3 is 0 Å². The lowest BCUT2D eigenvalue weighted by Gasteiger charge is -2.08. The standard InChI is InChI=1S/C15H16N4O.ClH/c1-10(8-11-9-12(20-2)5-7-16-11)14-18-13-4-3-6-17-15(13)19-14;/h3-7,9-10H,8H2,1-2H3,(H,17,18,19);1H/t10-;/m1./s1. The van der Waals surface area contributed by atoms with Crippen LogP contribution >= 0.6 is 12.4 Å². The van der Waals surface area contributed by atoms with E-state index < -0.39 is 0 Å². The number of methoxy groups -OCH3 is 1. The first kappa shape index (κ1) is 15.3. The lowest BCUT2D eigenvalue weighted by molar-refractivity contribution is 0.413. The van der Waals surface area contributed by atoms with Crippen LogP contribution in [0.15, 0.2) is 36.7 Å². The van der Waals surface area contributed by atoms with Gasteiger partial charge in [0.05, 0.1) is 7.11 Å². The zero-order valence-electron chi connectivity index (χ0n) is 11.9. The maximum Gasteiger partial charge on any atom is 0.157 e. The molecule has 0 aliphatic rings. The van der Waals surface area contributed by atoms with Crippen LogP contribution in [0.4, 0.5) is 0 Å². The van der Waals surface area contributed by atoms with E-state index in [9.17, 15) is 0 Å². The Morgan fingerprint density at radius 3 is 2.86 bits per heavy atom. The van der Waals surface area contributed by atoms with E-state index in [4.69, 9.17) is 4.74 Å². The molecule has 0 amide bonds. The van der Waals surface area contributed by atoms with E-state index in [2.05, 4.69) is 26.9 Å². The normalized spacial score (nSPS) is 11.9. The number of hydrogen-bond donors (Lipinski definition) is 1. The van der Waals surface area contributed by atoms with Crippen molar-refractivity contribution in [2.75, 3.05) is 7.11 Å². The van der Waals surface area contributed by atoms with E-state index in [1.165, 1.54) is 0 Å². The first-order valence-corrected chi connectivity index (χ1v) is 6.56. The fourth-order valence-corrected chi connectivity index (χ4v) is 2.20. The number of aromatic nitrogens is 4. The number of rotatable bonds is 4. The Hall–Kier alpha value is -2.14. The summed E-state index contributed by atoms with van der Waals surface area (Å²) in [7, 11) is 1.66. The van der Waals surface area contributed by atoms with Crippen LogP contribution in [-0.4, -0.2) is 27.0 Å². The fourth-order valence-electron chi connectivity index (χ4n) is 2.20. The van der Waals surface area contributed by atoms with Gasteiger partial charge in [0, 0.05) is 30.1 Å². The summed E-state index contributed by atoms with van der Waals surface area (Å²) in [6, 6.07) is 7.65. The monoisotopic (exact) mass is 304 g/mol. The molecule has 0 bridgehead atoms. The second-order valence-corrected chi connectivity index (χ2v) is 4.79. The molecule has 110 valence electrons. The van der Waals surface area contributed by atoms with Crippen molar-refractivity contribution in [3.05, 3.63) is 48.2 Å². The molecule has 1 atom stereocenters. The Balaban J connectivity index is 0.00000161. The molecule has 3 heterocycles. The van der Waals surface area contributed by atoms with E-state index in [-0.39, 0.29) is 18.3 Å². The summed E-state index contributed by atoms with van der Waals surface area (Å²) in [5.74, 6) is 2.00. The number of halogens is 1. The van der Waals surface area contributed by atoms with Crippen molar-refractivity contribution in [3.8, 4) is 5.75 Å². The summed E-state index contributed by atoms with van der Waals surface area (Å²) >= 11 is 0. The molecular weight excluding hydrogens is 288 g/mol. The van der Waals surface area contributed by atoms with E-state index in [1.807, 2.05) is 24.3 Å². The Morgan fingerprint density at radius 2 is 2.10 bits per heavy atom. The van der Waals surface area contributed by atoms with Gasteiger partial charge < -0.3 is 9.72 Å². The SMILES string of the molecule is COc1ccnc(C[C@@H](C)c2nc3cccnc3[nH]2)c1.Cl. The minimum absolute atomic E-state index is 0. The lowest BCUT2D eigenvalue weighted by atomic mass is 10.0. The number of nitrogens with one attached hydrogen (secondary N) is 1. The molecule has 5 nitrogen and oxygen atoms in total. The second-order valence-electron chi connectivity index (χ2n) is 4.79. The largest absolute Gasteiger partial charge is 0.497 e. The molecule has 0 aliphatic carbocycles. The third-order valence-electron chi connectivity index (χ3n) is 3.28. The van der Waals surface area contributed by atoms with Gasteiger partial charge in [-0.15, -0.1) is 12.4 Å². The second kappa shape index (κ2) is 6.54. The molecule has 0 saturated heterocycles. The molecule has 0 fully saturated rings. The molecule has 0 aromatic carbocycles. The number of H-pyrrole nitrogens is 1. The molecule has 0 unspecified atom stereocenters. The van der Waals surface area contributed by atoms with E-state index >= 15 is 0 Å². The highest BCUT2D eigenvalue weighted by Crippen LogP contribution is 2.21. The van der Waals surface area contributed by atoms with Crippen molar-refractivity contribution in [2.45, 2.75) is 19.3 Å². The van der Waals surface area contributed by atoms with Crippen molar-refractivity contribution >= 4 is 23.6 Å². The van der Waals surface area contributed by atoms with Gasteiger partial charge in [0.25, 0.3) is 0 Å². The summed E-state index contributed by atoms with van der Waals surface area (Å²) < 4.78 is 5.22. The van der Waals surface area contributed by atoms with Gasteiger partial charge in [0.15, 0.2) is 5.65 Å². The number of hydrogen-bond acceptors (Lipinski definition) is 4. The lowest BCUT2D eigenvalue weighted by Crippen LogP contribution is -2.02. The zero-order chi connectivity index (χ0) is 13.9. The number of aromatic amines is 1. The van der Waals surface area contributed by atoms with Crippen LogP contribution in [0.5, 0.6) is 5.75 Å². The van der Waals surface area contributed by atoms with Crippen molar-refractivity contribution in [1.29, 1.82) is 0 Å². The molecule has 21 heavy (non-hydrogen) atoms. The van der Waals surface area contributed by atoms with Gasteiger partial charge in [-0.25, -0.2) is 9.97 Å². The number of fused-ring (bicyclic) bond motifs is 1. The Kier molecular flexibility index (Phi) is 4.75. The molecule has 0 aliphatic heterocycles. The van der Waals surface area contributed by atoms with Crippen molar-refractivity contribution in [1.82, 2.24) is 19.9 Å². The van der Waals surface area contributed by atoms with Crippen molar-refractivity contribution in [2.24, 2.45) is 0 Å². The molecule has 3 rings (SSSR count). The van der Waals surface area contributed by atoms with Crippen LogP contribution in [0.25, 0.3) is 11.2 Å². The highest BCUT2D eigenvalue weighted by atomic mass is 35.5. The topological polar surface area (TPSA) is 63.7 Å². The van der Waals surface area contributed by atoms with Crippen LogP contribution in [0.2, 0.25) is 0 Å². The molecule has 6 heteroatoms. The molecule has 0 radical (unpaired) electrons. The number of imidazole rings is 1. The summed E-state index contributed by atoms with van der Waals surface area (Å²) in [4.78, 5) is 16.5. The third-order valence-corrected chi connectivity index (χ3v) is 3.28. The maximum absolute atomic E-state index is 5.22. The predicted octanol–water partition coefficient (Wildman–Crippen LogP) is 3.13. The highest BCUT2D eigenvalue weighted by Gasteiger charge is 2.13. The van der Waals surface area contributed by atoms with Crippen LogP contribution in [0.1, 0.15) is 24.4 Å². The van der Waals surface area contributed by atoms with E-state index in [0.29, 0.717) is 0 Å². The quantitative estimate of drug-likeness (QED) is 0.804. The van der Waals surface area contributed by atoms with E-state index in [0.717, 1.165) is 34.9 Å². The van der Waals surface area contributed by atoms with Gasteiger partial charge in [-0.2, -0.15) is 0 Å². The van der Waals surface area contributed by atoms with Gasteiger partial charge in [-0.1, -0.05) is 6.92 Å². The summed E-state index contributed by atoms with van der Waals surface area (Å²) in [5, 5.41) is 0. The molecule has 3 aromatic rings. The number of ether oxygens (including phenoxy) is 1. The minimum atomic E-state index is 0. The van der Waals surface area contributed by atoms with Gasteiger partial charge in [-0.05, 0) is 24.6 Å². The molecule has 1 N–H and O–H groups in total. The predicted molar refractivity (Wildman–Crippen MR) is 84.0 cm³/mol. The molecule has 0 saturated carbocycles. The highest BCUT2D eigenvalue weighted by molar-refractivity contribution is 5.85. The summed E-state index contributed by atoms with van der Waals surface area (Å²) in [6.45, 7) is 2.12. The zero-order valence-corrected chi connectivity index (χ0v) is 12.7. The first-order chi connectivity index (χ1) is 9.76. The Labute approximate surface area is 129 Å². The van der Waals surface area contributed by atoms with Crippen molar-refractivity contribution in [3.63, 3.8) is 0 Å². The van der Waals surface area contributed by atoms with Gasteiger partial charge in [0.1, 0.15) is 17.1 Å². The van der Waals surface area contributed by atoms with Crippen LogP contribution in [-0.2, 0) is 6.42 Å². The van der Waals surface area contributed by atoms with E-state index in [1.54, 1.807) is 19.5 Å². The Bertz CT molecular complexity index is 695. The maximum atomic E-state index is 5.22. The average molecular weight is 305 g/mol. The Morgan fingerprint density at radius 1 is 1.24 bits per heavy atom. The van der Waals surface area contributed by atoms with Crippen LogP contribution in [0, 0.1) is 0 Å². The van der Waals surface area contributed by atoms with Crippen LogP contribution in [0.3, 0.4) is 0 Å². The summed E-state index contributed by atoms with van der Waals surface area (Å²) in [6.07, 6.45) is 4.33. The van der Waals surface area contributed by atoms with Crippen molar-refractivity contribution < 1.29 is 4.74 Å². The number of pyridine rings is 2. The molecule has 0 spiro atoms. The number of nitrogens with zero attached hydrogens (tertiary/aromatic N) is 3. The van der Waals surface area contributed by atoms with Gasteiger partial charge in [-0.3, -0.25) is 4.98 Å². The smallest absolute Gasteiger partial charge is 0.157 e. The third kappa shape index (κ3) is 3.31. The van der Waals surface area contributed by atoms with Gasteiger partial charge in [0.2, 0.25) is 0 Å².